The van der Waals surface area contributed by atoms with Crippen molar-refractivity contribution in [1.29, 1.82) is 0 Å². The Morgan fingerprint density at radius 1 is 1.29 bits per heavy atom. The molecule has 1 aliphatic rings. The maximum atomic E-state index is 4.13. The van der Waals surface area contributed by atoms with Gasteiger partial charge in [-0.25, -0.2) is 0 Å². The van der Waals surface area contributed by atoms with Crippen LogP contribution in [0, 0.1) is 11.8 Å². The van der Waals surface area contributed by atoms with Crippen LogP contribution < -0.4 is 5.32 Å². The first-order valence-corrected chi connectivity index (χ1v) is 6.15. The van der Waals surface area contributed by atoms with Gasteiger partial charge in [-0.05, 0) is 50.6 Å². The zero-order chi connectivity index (χ0) is 10.4. The summed E-state index contributed by atoms with van der Waals surface area (Å²) >= 11 is 0. The fourth-order valence-corrected chi connectivity index (χ4v) is 2.50. The average molecular weight is 195 g/mol. The van der Waals surface area contributed by atoms with Gasteiger partial charge in [0.2, 0.25) is 0 Å². The first-order valence-electron chi connectivity index (χ1n) is 6.15. The lowest BCUT2D eigenvalue weighted by Crippen LogP contribution is -2.25. The lowest BCUT2D eigenvalue weighted by atomic mass is 9.89. The molecule has 0 amide bonds. The minimum atomic E-state index is 0.915. The van der Waals surface area contributed by atoms with E-state index in [1.54, 1.807) is 0 Å². The zero-order valence-electron chi connectivity index (χ0n) is 9.81. The summed E-state index contributed by atoms with van der Waals surface area (Å²) < 4.78 is 0. The molecule has 1 heteroatoms. The Kier molecular flexibility index (Phi) is 5.24. The van der Waals surface area contributed by atoms with Crippen LogP contribution in [0.1, 0.15) is 46.0 Å². The van der Waals surface area contributed by atoms with E-state index in [4.69, 9.17) is 0 Å². The van der Waals surface area contributed by atoms with Crippen LogP contribution in [0.15, 0.2) is 12.2 Å². The van der Waals surface area contributed by atoms with Crippen LogP contribution in [-0.4, -0.2) is 13.1 Å². The van der Waals surface area contributed by atoms with Crippen molar-refractivity contribution in [3.8, 4) is 0 Å². The van der Waals surface area contributed by atoms with E-state index < -0.39 is 0 Å². The van der Waals surface area contributed by atoms with Crippen LogP contribution in [-0.2, 0) is 0 Å². The molecule has 0 bridgehead atoms. The third-order valence-electron chi connectivity index (χ3n) is 3.52. The molecular formula is C13H25N. The Hall–Kier alpha value is -0.300. The van der Waals surface area contributed by atoms with Crippen molar-refractivity contribution in [3.05, 3.63) is 12.2 Å². The molecule has 14 heavy (non-hydrogen) atoms. The normalized spacial score (nSPS) is 26.7. The minimum absolute atomic E-state index is 0.915. The molecule has 1 saturated carbocycles. The number of hydrogen-bond acceptors (Lipinski definition) is 1. The largest absolute Gasteiger partial charge is 0.317 e. The highest BCUT2D eigenvalue weighted by Gasteiger charge is 2.26. The third-order valence-corrected chi connectivity index (χ3v) is 3.52. The molecule has 1 aliphatic carbocycles. The molecule has 0 aromatic heterocycles. The molecule has 0 aromatic carbocycles. The molecule has 82 valence electrons. The average Bonchev–Trinajstić information content (AvgIpc) is 2.62. The smallest absolute Gasteiger partial charge is 0.00179 e. The fraction of sp³-hybridized carbons (Fsp3) is 0.846. The van der Waals surface area contributed by atoms with Gasteiger partial charge in [0, 0.05) is 0 Å². The summed E-state index contributed by atoms with van der Waals surface area (Å²) in [5, 5.41) is 3.48. The molecule has 1 nitrogen and oxygen atoms in total. The molecule has 0 heterocycles. The molecule has 0 saturated heterocycles. The van der Waals surface area contributed by atoms with Crippen LogP contribution in [0.25, 0.3) is 0 Å². The molecule has 2 unspecified atom stereocenters. The second kappa shape index (κ2) is 6.23. The van der Waals surface area contributed by atoms with Gasteiger partial charge < -0.3 is 5.32 Å². The Morgan fingerprint density at radius 3 is 2.64 bits per heavy atom. The lowest BCUT2D eigenvalue weighted by molar-refractivity contribution is 0.366. The summed E-state index contributed by atoms with van der Waals surface area (Å²) in [4.78, 5) is 0. The Labute approximate surface area is 89.0 Å². The summed E-state index contributed by atoms with van der Waals surface area (Å²) in [7, 11) is 0. The number of rotatable bonds is 6. The van der Waals surface area contributed by atoms with Crippen molar-refractivity contribution >= 4 is 0 Å². The second-order valence-corrected chi connectivity index (χ2v) is 4.57. The highest BCUT2D eigenvalue weighted by Crippen LogP contribution is 2.35. The Morgan fingerprint density at radius 2 is 2.00 bits per heavy atom. The molecule has 1 rings (SSSR count). The fourth-order valence-electron chi connectivity index (χ4n) is 2.50. The van der Waals surface area contributed by atoms with E-state index in [0.29, 0.717) is 0 Å². The van der Waals surface area contributed by atoms with Crippen LogP contribution in [0.3, 0.4) is 0 Å². The molecule has 1 fully saturated rings. The van der Waals surface area contributed by atoms with Gasteiger partial charge in [0.1, 0.15) is 0 Å². The monoisotopic (exact) mass is 195 g/mol. The standard InChI is InChI=1S/C13H25N/c1-4-11(3)9-12-7-6-8-13(12)10-14-5-2/h12-14H,3-10H2,1-2H3. The van der Waals surface area contributed by atoms with Crippen molar-refractivity contribution < 1.29 is 0 Å². The van der Waals surface area contributed by atoms with Crippen molar-refractivity contribution in [2.24, 2.45) is 11.8 Å². The van der Waals surface area contributed by atoms with Gasteiger partial charge >= 0.3 is 0 Å². The van der Waals surface area contributed by atoms with Crippen molar-refractivity contribution in [2.45, 2.75) is 46.0 Å². The van der Waals surface area contributed by atoms with Gasteiger partial charge in [0.15, 0.2) is 0 Å². The molecular weight excluding hydrogens is 170 g/mol. The van der Waals surface area contributed by atoms with Gasteiger partial charge in [0.25, 0.3) is 0 Å². The Balaban J connectivity index is 2.31. The van der Waals surface area contributed by atoms with Crippen molar-refractivity contribution in [1.82, 2.24) is 5.32 Å². The van der Waals surface area contributed by atoms with Crippen LogP contribution in [0.2, 0.25) is 0 Å². The van der Waals surface area contributed by atoms with Crippen molar-refractivity contribution in [3.63, 3.8) is 0 Å². The maximum absolute atomic E-state index is 4.13. The van der Waals surface area contributed by atoms with Crippen LogP contribution in [0.4, 0.5) is 0 Å². The zero-order valence-corrected chi connectivity index (χ0v) is 9.81. The van der Waals surface area contributed by atoms with Crippen molar-refractivity contribution in [2.75, 3.05) is 13.1 Å². The van der Waals surface area contributed by atoms with E-state index in [1.807, 2.05) is 0 Å². The van der Waals surface area contributed by atoms with E-state index in [2.05, 4.69) is 25.7 Å². The molecule has 1 N–H and O–H groups in total. The minimum Gasteiger partial charge on any atom is -0.317 e. The Bertz CT molecular complexity index is 174. The van der Waals surface area contributed by atoms with E-state index in [1.165, 1.54) is 37.8 Å². The summed E-state index contributed by atoms with van der Waals surface area (Å²) in [6, 6.07) is 0. The van der Waals surface area contributed by atoms with E-state index in [9.17, 15) is 0 Å². The molecule has 0 aliphatic heterocycles. The first-order chi connectivity index (χ1) is 6.77. The topological polar surface area (TPSA) is 12.0 Å². The number of hydrogen-bond donors (Lipinski definition) is 1. The number of nitrogens with one attached hydrogen (secondary N) is 1. The predicted molar refractivity (Wildman–Crippen MR) is 63.4 cm³/mol. The van der Waals surface area contributed by atoms with Gasteiger partial charge in [-0.1, -0.05) is 32.4 Å². The summed E-state index contributed by atoms with van der Waals surface area (Å²) in [6.45, 7) is 10.9. The number of allylic oxidation sites excluding steroid dienone is 1. The molecule has 2 atom stereocenters. The summed E-state index contributed by atoms with van der Waals surface area (Å²) in [5.74, 6) is 1.83. The van der Waals surface area contributed by atoms with Gasteiger partial charge in [-0.3, -0.25) is 0 Å². The van der Waals surface area contributed by atoms with Crippen LogP contribution >= 0.6 is 0 Å². The van der Waals surface area contributed by atoms with E-state index >= 15 is 0 Å². The molecule has 0 radical (unpaired) electrons. The van der Waals surface area contributed by atoms with Crippen LogP contribution in [0.5, 0.6) is 0 Å². The lowest BCUT2D eigenvalue weighted by Gasteiger charge is -2.20. The van der Waals surface area contributed by atoms with Gasteiger partial charge in [-0.2, -0.15) is 0 Å². The summed E-state index contributed by atoms with van der Waals surface area (Å²) in [6.07, 6.45) is 6.71. The predicted octanol–water partition coefficient (Wildman–Crippen LogP) is 3.37. The van der Waals surface area contributed by atoms with Gasteiger partial charge in [-0.15, -0.1) is 0 Å². The highest BCUT2D eigenvalue weighted by molar-refractivity contribution is 4.97. The SMILES string of the molecule is C=C(CC)CC1CCCC1CNCC. The molecule has 0 aromatic rings. The third kappa shape index (κ3) is 3.45. The van der Waals surface area contributed by atoms with Gasteiger partial charge in [0.05, 0.1) is 0 Å². The molecule has 0 spiro atoms. The first kappa shape index (κ1) is 11.8. The maximum Gasteiger partial charge on any atom is -0.00179 e. The van der Waals surface area contributed by atoms with E-state index in [-0.39, 0.29) is 0 Å². The second-order valence-electron chi connectivity index (χ2n) is 4.57. The summed E-state index contributed by atoms with van der Waals surface area (Å²) in [5.41, 5.74) is 1.44. The van der Waals surface area contributed by atoms with E-state index in [0.717, 1.165) is 24.8 Å². The highest BCUT2D eigenvalue weighted by atomic mass is 14.8. The quantitative estimate of drug-likeness (QED) is 0.641.